The van der Waals surface area contributed by atoms with Crippen molar-refractivity contribution in [3.63, 3.8) is 0 Å². The van der Waals surface area contributed by atoms with E-state index in [9.17, 15) is 4.39 Å². The fourth-order valence-electron chi connectivity index (χ4n) is 4.50. The summed E-state index contributed by atoms with van der Waals surface area (Å²) in [6.45, 7) is 2.30. The van der Waals surface area contributed by atoms with Gasteiger partial charge in [-0.05, 0) is 68.3 Å². The fourth-order valence-corrected chi connectivity index (χ4v) is 4.50. The van der Waals surface area contributed by atoms with E-state index >= 15 is 0 Å². The first-order valence-corrected chi connectivity index (χ1v) is 9.17. The van der Waals surface area contributed by atoms with Crippen LogP contribution in [0.15, 0.2) is 24.1 Å². The van der Waals surface area contributed by atoms with Crippen molar-refractivity contribution in [1.29, 1.82) is 5.26 Å². The van der Waals surface area contributed by atoms with Crippen LogP contribution in [-0.2, 0) is 0 Å². The molecule has 0 atom stereocenters. The number of hydrogen-bond acceptors (Lipinski definition) is 1. The predicted octanol–water partition coefficient (Wildman–Crippen LogP) is 6.33. The summed E-state index contributed by atoms with van der Waals surface area (Å²) in [5, 5.41) is 8.38. The summed E-state index contributed by atoms with van der Waals surface area (Å²) in [5.74, 6) is 2.78. The zero-order chi connectivity index (χ0) is 15.8. The van der Waals surface area contributed by atoms with E-state index < -0.39 is 5.83 Å². The summed E-state index contributed by atoms with van der Waals surface area (Å²) < 4.78 is 12.7. The summed E-state index contributed by atoms with van der Waals surface area (Å²) in [7, 11) is 0. The Kier molecular flexibility index (Phi) is 7.16. The van der Waals surface area contributed by atoms with Crippen LogP contribution < -0.4 is 0 Å². The smallest absolute Gasteiger partial charge is 0.195 e. The molecular formula is C20H30FN. The highest BCUT2D eigenvalue weighted by atomic mass is 19.1. The van der Waals surface area contributed by atoms with Crippen LogP contribution in [0, 0.1) is 35.0 Å². The highest BCUT2D eigenvalue weighted by molar-refractivity contribution is 5.19. The molecule has 0 unspecified atom stereocenters. The lowest BCUT2D eigenvalue weighted by atomic mass is 9.69. The zero-order valence-corrected chi connectivity index (χ0v) is 13.9. The lowest BCUT2D eigenvalue weighted by molar-refractivity contribution is 0.152. The Hall–Kier alpha value is -1.10. The van der Waals surface area contributed by atoms with Crippen LogP contribution in [0.25, 0.3) is 0 Å². The number of allylic oxidation sites excluding steroid dienone is 4. The van der Waals surface area contributed by atoms with Crippen LogP contribution in [0.3, 0.4) is 0 Å². The van der Waals surface area contributed by atoms with Crippen molar-refractivity contribution in [2.75, 3.05) is 0 Å². The summed E-state index contributed by atoms with van der Waals surface area (Å²) in [5.41, 5.74) is 0. The van der Waals surface area contributed by atoms with Gasteiger partial charge in [-0.2, -0.15) is 9.65 Å². The van der Waals surface area contributed by atoms with Gasteiger partial charge in [0.2, 0.25) is 0 Å². The first-order valence-electron chi connectivity index (χ1n) is 9.17. The van der Waals surface area contributed by atoms with Gasteiger partial charge in [0.15, 0.2) is 5.83 Å². The average molecular weight is 303 g/mol. The standard InChI is InChI=1S/C20H30FN/c1-2-4-16-7-11-18(12-8-16)19-13-9-17(10-14-19)5-3-6-20(21)15-22/h3,5-6,16-19H,2,4,7-14H2,1H3/t16-,17-,18-,19-. The number of halogens is 1. The van der Waals surface area contributed by atoms with Gasteiger partial charge in [-0.15, -0.1) is 0 Å². The van der Waals surface area contributed by atoms with Crippen LogP contribution in [0.5, 0.6) is 0 Å². The first-order chi connectivity index (χ1) is 10.7. The van der Waals surface area contributed by atoms with Gasteiger partial charge >= 0.3 is 0 Å². The largest absolute Gasteiger partial charge is 0.199 e. The third kappa shape index (κ3) is 5.27. The molecule has 2 heteroatoms. The molecule has 2 saturated carbocycles. The Morgan fingerprint density at radius 2 is 1.64 bits per heavy atom. The van der Waals surface area contributed by atoms with Gasteiger partial charge in [-0.3, -0.25) is 0 Å². The molecule has 0 aromatic heterocycles. The normalized spacial score (nSPS) is 33.8. The topological polar surface area (TPSA) is 23.8 Å². The second-order valence-corrected chi connectivity index (χ2v) is 7.26. The van der Waals surface area contributed by atoms with Gasteiger partial charge in [-0.25, -0.2) is 0 Å². The molecule has 0 spiro atoms. The minimum absolute atomic E-state index is 0.579. The molecule has 0 bridgehead atoms. The minimum Gasteiger partial charge on any atom is -0.195 e. The second-order valence-electron chi connectivity index (χ2n) is 7.26. The maximum absolute atomic E-state index is 12.7. The van der Waals surface area contributed by atoms with Crippen LogP contribution in [0.1, 0.15) is 71.1 Å². The summed E-state index contributed by atoms with van der Waals surface area (Å²) >= 11 is 0. The van der Waals surface area contributed by atoms with Crippen molar-refractivity contribution < 1.29 is 4.39 Å². The number of nitrogens with zero attached hydrogens (tertiary/aromatic N) is 1. The van der Waals surface area contributed by atoms with E-state index in [2.05, 4.69) is 13.0 Å². The van der Waals surface area contributed by atoms with Crippen molar-refractivity contribution in [3.8, 4) is 6.07 Å². The van der Waals surface area contributed by atoms with E-state index in [1.54, 1.807) is 6.08 Å². The fraction of sp³-hybridized carbons (Fsp3) is 0.750. The molecule has 0 aliphatic heterocycles. The summed E-state index contributed by atoms with van der Waals surface area (Å²) in [4.78, 5) is 0. The molecule has 0 aromatic carbocycles. The van der Waals surface area contributed by atoms with Gasteiger partial charge in [0.25, 0.3) is 0 Å². The minimum atomic E-state index is -0.700. The molecule has 0 saturated heterocycles. The molecule has 0 aromatic rings. The maximum Gasteiger partial charge on any atom is 0.199 e. The molecule has 2 aliphatic rings. The Balaban J connectivity index is 1.71. The maximum atomic E-state index is 12.7. The Morgan fingerprint density at radius 3 is 2.18 bits per heavy atom. The SMILES string of the molecule is CCC[C@H]1CC[C@H]([C@H]2CC[C@H](C=CC=C(F)C#N)CC2)CC1. The third-order valence-electron chi connectivity index (χ3n) is 5.80. The molecule has 122 valence electrons. The number of rotatable bonds is 5. The van der Waals surface area contributed by atoms with Gasteiger partial charge < -0.3 is 0 Å². The van der Waals surface area contributed by atoms with Crippen molar-refractivity contribution in [2.24, 2.45) is 23.7 Å². The lowest BCUT2D eigenvalue weighted by Gasteiger charge is -2.37. The predicted molar refractivity (Wildman–Crippen MR) is 89.7 cm³/mol. The Morgan fingerprint density at radius 1 is 1.05 bits per heavy atom. The van der Waals surface area contributed by atoms with Crippen molar-refractivity contribution in [1.82, 2.24) is 0 Å². The number of nitriles is 1. The molecule has 0 heterocycles. The monoisotopic (exact) mass is 303 g/mol. The lowest BCUT2D eigenvalue weighted by Crippen LogP contribution is -2.25. The van der Waals surface area contributed by atoms with E-state index in [0.717, 1.165) is 17.8 Å². The van der Waals surface area contributed by atoms with Crippen LogP contribution in [-0.4, -0.2) is 0 Å². The molecule has 2 aliphatic carbocycles. The molecular weight excluding hydrogens is 273 g/mol. The molecule has 2 fully saturated rings. The van der Waals surface area contributed by atoms with E-state index in [4.69, 9.17) is 5.26 Å². The van der Waals surface area contributed by atoms with Crippen LogP contribution in [0.2, 0.25) is 0 Å². The molecule has 0 amide bonds. The van der Waals surface area contributed by atoms with Crippen molar-refractivity contribution in [3.05, 3.63) is 24.1 Å². The van der Waals surface area contributed by atoms with Gasteiger partial charge in [0, 0.05) is 0 Å². The summed E-state index contributed by atoms with van der Waals surface area (Å²) in [6.07, 6.45) is 18.8. The van der Waals surface area contributed by atoms with Crippen LogP contribution in [0.4, 0.5) is 4.39 Å². The highest BCUT2D eigenvalue weighted by Crippen LogP contribution is 2.42. The van der Waals surface area contributed by atoms with E-state index in [1.165, 1.54) is 76.4 Å². The Bertz CT molecular complexity index is 415. The Labute approximate surface area is 135 Å². The first kappa shape index (κ1) is 17.3. The molecule has 1 nitrogen and oxygen atoms in total. The molecule has 0 radical (unpaired) electrons. The van der Waals surface area contributed by atoms with E-state index in [1.807, 2.05) is 0 Å². The average Bonchev–Trinajstić information content (AvgIpc) is 2.56. The van der Waals surface area contributed by atoms with E-state index in [0.29, 0.717) is 5.92 Å². The number of hydrogen-bond donors (Lipinski definition) is 0. The second kappa shape index (κ2) is 9.13. The van der Waals surface area contributed by atoms with Gasteiger partial charge in [0.05, 0.1) is 0 Å². The molecule has 22 heavy (non-hydrogen) atoms. The van der Waals surface area contributed by atoms with Gasteiger partial charge in [-0.1, -0.05) is 44.8 Å². The highest BCUT2D eigenvalue weighted by Gasteiger charge is 2.29. The zero-order valence-electron chi connectivity index (χ0n) is 13.9. The quantitative estimate of drug-likeness (QED) is 0.430. The summed E-state index contributed by atoms with van der Waals surface area (Å²) in [6, 6.07) is 1.51. The third-order valence-corrected chi connectivity index (χ3v) is 5.80. The van der Waals surface area contributed by atoms with Gasteiger partial charge in [0.1, 0.15) is 6.07 Å². The molecule has 0 N–H and O–H groups in total. The van der Waals surface area contributed by atoms with E-state index in [-0.39, 0.29) is 0 Å². The van der Waals surface area contributed by atoms with Crippen LogP contribution >= 0.6 is 0 Å². The van der Waals surface area contributed by atoms with Crippen molar-refractivity contribution >= 4 is 0 Å². The molecule has 2 rings (SSSR count). The van der Waals surface area contributed by atoms with Crippen molar-refractivity contribution in [2.45, 2.75) is 71.1 Å².